The SMILES string of the molecule is C=N/C=C\c1cc(-c2ccc(-c3ccc(N(C)C)nc3)cc2)[nH]c1C. The molecular formula is C21H22N4. The smallest absolute Gasteiger partial charge is 0.127 e. The van der Waals surface area contributed by atoms with Crippen molar-refractivity contribution in [2.45, 2.75) is 6.92 Å². The van der Waals surface area contributed by atoms with E-state index in [-0.39, 0.29) is 0 Å². The van der Waals surface area contributed by atoms with E-state index in [0.717, 1.165) is 39.5 Å². The zero-order valence-corrected chi connectivity index (χ0v) is 14.8. The van der Waals surface area contributed by atoms with Gasteiger partial charge in [0.2, 0.25) is 0 Å². The van der Waals surface area contributed by atoms with Gasteiger partial charge in [-0.2, -0.15) is 0 Å². The molecule has 0 radical (unpaired) electrons. The van der Waals surface area contributed by atoms with Crippen LogP contribution in [0.15, 0.2) is 59.9 Å². The molecule has 0 fully saturated rings. The van der Waals surface area contributed by atoms with Crippen LogP contribution >= 0.6 is 0 Å². The quantitative estimate of drug-likeness (QED) is 0.684. The number of benzene rings is 1. The summed E-state index contributed by atoms with van der Waals surface area (Å²) in [5, 5.41) is 0. The standard InChI is InChI=1S/C21H22N4/c1-15-18(11-12-22-2)13-20(24-15)17-7-5-16(6-8-17)19-9-10-21(23-14-19)25(3)4/h5-14,24H,2H2,1,3-4H3/b12-11-. The number of hydrogen-bond donors (Lipinski definition) is 1. The van der Waals surface area contributed by atoms with E-state index in [2.05, 4.69) is 65.0 Å². The molecule has 4 nitrogen and oxygen atoms in total. The van der Waals surface area contributed by atoms with E-state index in [1.54, 1.807) is 6.20 Å². The summed E-state index contributed by atoms with van der Waals surface area (Å²) in [6, 6.07) is 14.8. The van der Waals surface area contributed by atoms with Crippen molar-refractivity contribution in [2.24, 2.45) is 4.99 Å². The van der Waals surface area contributed by atoms with Crippen LogP contribution < -0.4 is 4.90 Å². The monoisotopic (exact) mass is 330 g/mol. The number of nitrogens with zero attached hydrogens (tertiary/aromatic N) is 3. The third-order valence-electron chi connectivity index (χ3n) is 4.15. The predicted molar refractivity (Wildman–Crippen MR) is 107 cm³/mol. The van der Waals surface area contributed by atoms with Gasteiger partial charge >= 0.3 is 0 Å². The van der Waals surface area contributed by atoms with Crippen molar-refractivity contribution < 1.29 is 0 Å². The lowest BCUT2D eigenvalue weighted by atomic mass is 10.0. The van der Waals surface area contributed by atoms with E-state index in [1.807, 2.05) is 37.3 Å². The molecule has 0 unspecified atom stereocenters. The molecule has 0 aliphatic heterocycles. The Bertz CT molecular complexity index is 885. The van der Waals surface area contributed by atoms with Crippen LogP contribution in [0, 0.1) is 6.92 Å². The number of aryl methyl sites for hydroxylation is 1. The van der Waals surface area contributed by atoms with Gasteiger partial charge in [0.15, 0.2) is 0 Å². The van der Waals surface area contributed by atoms with Crippen molar-refractivity contribution in [3.05, 3.63) is 66.1 Å². The normalized spacial score (nSPS) is 11.0. The first-order valence-corrected chi connectivity index (χ1v) is 8.14. The molecule has 2 aromatic heterocycles. The number of pyridine rings is 1. The number of anilines is 1. The lowest BCUT2D eigenvalue weighted by molar-refractivity contribution is 1.07. The predicted octanol–water partition coefficient (Wildman–Crippen LogP) is 4.79. The van der Waals surface area contributed by atoms with Crippen molar-refractivity contribution in [2.75, 3.05) is 19.0 Å². The number of rotatable bonds is 5. The third kappa shape index (κ3) is 3.69. The van der Waals surface area contributed by atoms with Crippen molar-refractivity contribution in [3.8, 4) is 22.4 Å². The second-order valence-electron chi connectivity index (χ2n) is 6.14. The van der Waals surface area contributed by atoms with Crippen LogP contribution in [0.4, 0.5) is 5.82 Å². The van der Waals surface area contributed by atoms with Gasteiger partial charge in [-0.05, 0) is 54.6 Å². The number of hydrogen-bond acceptors (Lipinski definition) is 3. The molecule has 1 N–H and O–H groups in total. The molecule has 0 amide bonds. The fourth-order valence-electron chi connectivity index (χ4n) is 2.70. The van der Waals surface area contributed by atoms with Gasteiger partial charge in [-0.25, -0.2) is 4.98 Å². The molecular weight excluding hydrogens is 308 g/mol. The molecule has 3 aromatic rings. The zero-order valence-electron chi connectivity index (χ0n) is 14.8. The molecule has 0 aliphatic rings. The molecule has 25 heavy (non-hydrogen) atoms. The Morgan fingerprint density at radius 2 is 1.72 bits per heavy atom. The van der Waals surface area contributed by atoms with Crippen LogP contribution in [-0.2, 0) is 0 Å². The van der Waals surface area contributed by atoms with Gasteiger partial charge in [-0.15, -0.1) is 0 Å². The highest BCUT2D eigenvalue weighted by Gasteiger charge is 2.06. The molecule has 126 valence electrons. The summed E-state index contributed by atoms with van der Waals surface area (Å²) in [6.45, 7) is 5.52. The van der Waals surface area contributed by atoms with E-state index >= 15 is 0 Å². The first kappa shape index (κ1) is 16.7. The van der Waals surface area contributed by atoms with Crippen LogP contribution in [0.3, 0.4) is 0 Å². The second-order valence-corrected chi connectivity index (χ2v) is 6.14. The van der Waals surface area contributed by atoms with Gasteiger partial charge in [0.05, 0.1) is 0 Å². The Labute approximate surface area is 148 Å². The minimum atomic E-state index is 0.955. The maximum atomic E-state index is 4.48. The summed E-state index contributed by atoms with van der Waals surface area (Å²) in [5.74, 6) is 0.955. The molecule has 3 rings (SSSR count). The van der Waals surface area contributed by atoms with Crippen LogP contribution in [0.2, 0.25) is 0 Å². The average molecular weight is 330 g/mol. The maximum Gasteiger partial charge on any atom is 0.127 e. The number of aromatic nitrogens is 2. The van der Waals surface area contributed by atoms with Gasteiger partial charge in [0.1, 0.15) is 5.82 Å². The van der Waals surface area contributed by atoms with Crippen LogP contribution in [0.1, 0.15) is 11.3 Å². The molecule has 1 aromatic carbocycles. The highest BCUT2D eigenvalue weighted by atomic mass is 15.1. The Hall–Kier alpha value is -3.14. The average Bonchev–Trinajstić information content (AvgIpc) is 3.01. The van der Waals surface area contributed by atoms with Crippen molar-refractivity contribution in [3.63, 3.8) is 0 Å². The Morgan fingerprint density at radius 3 is 2.32 bits per heavy atom. The lowest BCUT2D eigenvalue weighted by Crippen LogP contribution is -2.09. The lowest BCUT2D eigenvalue weighted by Gasteiger charge is -2.11. The highest BCUT2D eigenvalue weighted by molar-refractivity contribution is 5.71. The maximum absolute atomic E-state index is 4.48. The van der Waals surface area contributed by atoms with Crippen LogP contribution in [0.25, 0.3) is 28.5 Å². The van der Waals surface area contributed by atoms with Gasteiger partial charge in [0.25, 0.3) is 0 Å². The van der Waals surface area contributed by atoms with E-state index < -0.39 is 0 Å². The first-order valence-electron chi connectivity index (χ1n) is 8.14. The summed E-state index contributed by atoms with van der Waals surface area (Å²) in [7, 11) is 3.98. The second kappa shape index (κ2) is 7.18. The Balaban J connectivity index is 1.85. The van der Waals surface area contributed by atoms with Gasteiger partial charge in [-0.3, -0.25) is 4.99 Å². The van der Waals surface area contributed by atoms with E-state index in [9.17, 15) is 0 Å². The van der Waals surface area contributed by atoms with Crippen molar-refractivity contribution in [1.82, 2.24) is 9.97 Å². The number of aromatic amines is 1. The third-order valence-corrected chi connectivity index (χ3v) is 4.15. The topological polar surface area (TPSA) is 44.3 Å². The fraction of sp³-hybridized carbons (Fsp3) is 0.143. The molecule has 0 bridgehead atoms. The van der Waals surface area contributed by atoms with E-state index in [0.29, 0.717) is 0 Å². The highest BCUT2D eigenvalue weighted by Crippen LogP contribution is 2.26. The minimum Gasteiger partial charge on any atom is -0.363 e. The van der Waals surface area contributed by atoms with Gasteiger partial charge in [0, 0.05) is 43.4 Å². The molecule has 4 heteroatoms. The number of aliphatic imine (C=N–C) groups is 1. The molecule has 2 heterocycles. The van der Waals surface area contributed by atoms with Crippen molar-refractivity contribution in [1.29, 1.82) is 0 Å². The Kier molecular flexibility index (Phi) is 4.80. The van der Waals surface area contributed by atoms with Crippen LogP contribution in [0.5, 0.6) is 0 Å². The number of H-pyrrole nitrogens is 1. The molecule has 0 aliphatic carbocycles. The fourth-order valence-corrected chi connectivity index (χ4v) is 2.70. The Morgan fingerprint density at radius 1 is 1.04 bits per heavy atom. The van der Waals surface area contributed by atoms with E-state index in [4.69, 9.17) is 0 Å². The van der Waals surface area contributed by atoms with Crippen LogP contribution in [-0.4, -0.2) is 30.8 Å². The van der Waals surface area contributed by atoms with Gasteiger partial charge < -0.3 is 9.88 Å². The summed E-state index contributed by atoms with van der Waals surface area (Å²) >= 11 is 0. The molecule has 0 saturated heterocycles. The van der Waals surface area contributed by atoms with E-state index in [1.165, 1.54) is 0 Å². The summed E-state index contributed by atoms with van der Waals surface area (Å²) in [6.07, 6.45) is 5.57. The minimum absolute atomic E-state index is 0.955. The molecule has 0 spiro atoms. The first-order chi connectivity index (χ1) is 12.1. The number of nitrogens with one attached hydrogen (secondary N) is 1. The summed E-state index contributed by atoms with van der Waals surface area (Å²) in [5.41, 5.74) is 6.74. The van der Waals surface area contributed by atoms with Crippen molar-refractivity contribution >= 4 is 18.6 Å². The van der Waals surface area contributed by atoms with Gasteiger partial charge in [-0.1, -0.05) is 24.3 Å². The summed E-state index contributed by atoms with van der Waals surface area (Å²) in [4.78, 5) is 13.7. The molecule has 0 saturated carbocycles. The summed E-state index contributed by atoms with van der Waals surface area (Å²) < 4.78 is 0. The zero-order chi connectivity index (χ0) is 17.8. The largest absolute Gasteiger partial charge is 0.363 e. The molecule has 0 atom stereocenters.